The molecule has 0 bridgehead atoms. The molecule has 7 rings (SSSR count). The number of nitrogens with zero attached hydrogens (tertiary/aromatic N) is 7. The van der Waals surface area contributed by atoms with Crippen LogP contribution in [0.25, 0.3) is 33.9 Å². The van der Waals surface area contributed by atoms with Crippen LogP contribution in [0.15, 0.2) is 79.4 Å². The number of nitrogens with one attached hydrogen (secondary N) is 2. The van der Waals surface area contributed by atoms with Gasteiger partial charge in [-0.25, -0.2) is 24.7 Å². The van der Waals surface area contributed by atoms with Crippen molar-refractivity contribution in [2.45, 2.75) is 84.0 Å². The van der Waals surface area contributed by atoms with Gasteiger partial charge in [0.25, 0.3) is 0 Å². The zero-order chi connectivity index (χ0) is 37.1. The van der Waals surface area contributed by atoms with Crippen LogP contribution in [0.2, 0.25) is 0 Å². The third-order valence-corrected chi connectivity index (χ3v) is 10.2. The number of amides is 2. The number of hydrogen-bond acceptors (Lipinski definition) is 8. The van der Waals surface area contributed by atoms with Gasteiger partial charge in [0, 0.05) is 36.6 Å². The predicted octanol–water partition coefficient (Wildman–Crippen LogP) is 7.74. The van der Waals surface area contributed by atoms with Crippen molar-refractivity contribution in [2.75, 3.05) is 26.2 Å². The highest BCUT2D eigenvalue weighted by molar-refractivity contribution is 5.84. The number of carbonyl (C=O) groups excluding carboxylic acids is 2. The summed E-state index contributed by atoms with van der Waals surface area (Å²) in [5, 5.41) is 0. The first-order valence-corrected chi connectivity index (χ1v) is 18.8. The van der Waals surface area contributed by atoms with Gasteiger partial charge in [0.15, 0.2) is 5.82 Å². The molecule has 2 aliphatic rings. The molecule has 2 amide bonds. The number of H-pyrrole nitrogens is 2. The number of aromatic nitrogens is 6. The van der Waals surface area contributed by atoms with Crippen LogP contribution in [0.3, 0.4) is 0 Å². The molecule has 276 valence electrons. The standard InChI is InChI=1S/C41H49N9O3/c1-6-48(7-2)35(28-13-9-8-10-14-28)39(51)49-21-11-15-33(49)37-44-25-31(46-37)27-17-19-29(20-18-27)36-42-23-30(24-43-36)32-26-45-38(47-32)34-16-12-22-50(34)40(52)53-41(3,4)5/h8-10,13-14,17-20,23-26,33-35H,6-7,11-12,15-16,21-22H2,1-5H3,(H,44,46)(H,45,47)/t33-,34-,35+/m0/s1. The van der Waals surface area contributed by atoms with Gasteiger partial charge in [0.2, 0.25) is 5.91 Å². The van der Waals surface area contributed by atoms with Gasteiger partial charge in [0.05, 0.1) is 35.9 Å². The summed E-state index contributed by atoms with van der Waals surface area (Å²) >= 11 is 0. The molecule has 3 atom stereocenters. The van der Waals surface area contributed by atoms with Crippen LogP contribution in [-0.2, 0) is 9.53 Å². The van der Waals surface area contributed by atoms with Crippen molar-refractivity contribution in [1.29, 1.82) is 0 Å². The minimum Gasteiger partial charge on any atom is -0.444 e. The maximum Gasteiger partial charge on any atom is 0.410 e. The molecule has 12 heteroatoms. The van der Waals surface area contributed by atoms with Crippen molar-refractivity contribution in [3.63, 3.8) is 0 Å². The van der Waals surface area contributed by atoms with E-state index in [1.807, 2.05) is 74.3 Å². The van der Waals surface area contributed by atoms with E-state index >= 15 is 0 Å². The molecule has 0 saturated carbocycles. The van der Waals surface area contributed by atoms with Crippen LogP contribution in [0, 0.1) is 0 Å². The molecule has 5 aromatic rings. The summed E-state index contributed by atoms with van der Waals surface area (Å²) in [4.78, 5) is 58.6. The van der Waals surface area contributed by atoms with Gasteiger partial charge in [0.1, 0.15) is 23.3 Å². The van der Waals surface area contributed by atoms with Gasteiger partial charge in [-0.3, -0.25) is 14.6 Å². The number of benzene rings is 2. The number of ether oxygens (including phenoxy) is 1. The molecule has 0 aliphatic carbocycles. The molecule has 2 N–H and O–H groups in total. The number of likely N-dealkylation sites (N-methyl/N-ethyl adjacent to an activating group) is 1. The highest BCUT2D eigenvalue weighted by Crippen LogP contribution is 2.36. The number of likely N-dealkylation sites (tertiary alicyclic amines) is 2. The maximum atomic E-state index is 14.2. The quantitative estimate of drug-likeness (QED) is 0.150. The van der Waals surface area contributed by atoms with Crippen LogP contribution < -0.4 is 0 Å². The Hall–Kier alpha value is -5.36. The van der Waals surface area contributed by atoms with E-state index in [0.717, 1.165) is 84.1 Å². The minimum atomic E-state index is -0.556. The lowest BCUT2D eigenvalue weighted by atomic mass is 10.0. The van der Waals surface area contributed by atoms with Crippen LogP contribution in [0.5, 0.6) is 0 Å². The molecule has 5 heterocycles. The summed E-state index contributed by atoms with van der Waals surface area (Å²) in [5.74, 6) is 2.28. The summed E-state index contributed by atoms with van der Waals surface area (Å²) in [6.45, 7) is 12.8. The average molecular weight is 716 g/mol. The third-order valence-electron chi connectivity index (χ3n) is 10.2. The van der Waals surface area contributed by atoms with E-state index in [1.54, 1.807) is 23.5 Å². The van der Waals surface area contributed by atoms with Crippen LogP contribution in [-0.4, -0.2) is 88.4 Å². The molecule has 2 fully saturated rings. The van der Waals surface area contributed by atoms with Gasteiger partial charge in [-0.1, -0.05) is 68.4 Å². The highest BCUT2D eigenvalue weighted by atomic mass is 16.6. The fraction of sp³-hybridized carbons (Fsp3) is 0.415. The molecular formula is C41H49N9O3. The number of imidazole rings is 2. The van der Waals surface area contributed by atoms with Crippen molar-refractivity contribution in [2.24, 2.45) is 0 Å². The highest BCUT2D eigenvalue weighted by Gasteiger charge is 2.38. The Kier molecular flexibility index (Phi) is 10.4. The largest absolute Gasteiger partial charge is 0.444 e. The van der Waals surface area contributed by atoms with Gasteiger partial charge >= 0.3 is 6.09 Å². The van der Waals surface area contributed by atoms with Crippen LogP contribution in [0.1, 0.15) is 95.6 Å². The molecule has 12 nitrogen and oxygen atoms in total. The predicted molar refractivity (Wildman–Crippen MR) is 203 cm³/mol. The van der Waals surface area contributed by atoms with E-state index in [9.17, 15) is 9.59 Å². The van der Waals surface area contributed by atoms with Crippen molar-refractivity contribution < 1.29 is 14.3 Å². The molecule has 53 heavy (non-hydrogen) atoms. The second kappa shape index (κ2) is 15.3. The minimum absolute atomic E-state index is 0.0998. The maximum absolute atomic E-state index is 14.2. The van der Waals surface area contributed by atoms with Gasteiger partial charge in [-0.15, -0.1) is 0 Å². The van der Waals surface area contributed by atoms with E-state index in [1.165, 1.54) is 0 Å². The molecule has 2 aromatic carbocycles. The molecular weight excluding hydrogens is 667 g/mol. The van der Waals surface area contributed by atoms with Crippen molar-refractivity contribution in [3.05, 3.63) is 96.6 Å². The summed E-state index contributed by atoms with van der Waals surface area (Å²) in [5.41, 5.74) is 4.84. The second-order valence-corrected chi connectivity index (χ2v) is 14.8. The SMILES string of the molecule is CCN(CC)[C@@H](C(=O)N1CCC[C@H]1c1ncc(-c2ccc(-c3ncc(-c4cnc([C@@H]5CCCN5C(=O)OC(C)(C)C)[nH]4)cn3)cc2)[nH]1)c1ccccc1. The summed E-state index contributed by atoms with van der Waals surface area (Å²) in [7, 11) is 0. The van der Waals surface area contributed by atoms with E-state index in [0.29, 0.717) is 18.9 Å². The van der Waals surface area contributed by atoms with E-state index in [4.69, 9.17) is 9.72 Å². The number of aromatic amines is 2. The van der Waals surface area contributed by atoms with E-state index in [2.05, 4.69) is 55.8 Å². The number of carbonyl (C=O) groups is 2. The Labute approximate surface area is 311 Å². The fourth-order valence-electron chi connectivity index (χ4n) is 7.52. The lowest BCUT2D eigenvalue weighted by molar-refractivity contribution is -0.138. The first-order valence-electron chi connectivity index (χ1n) is 18.8. The molecule has 0 radical (unpaired) electrons. The smallest absolute Gasteiger partial charge is 0.410 e. The number of rotatable bonds is 10. The Morgan fingerprint density at radius 2 is 1.30 bits per heavy atom. The normalized spacial score (nSPS) is 18.2. The Morgan fingerprint density at radius 1 is 0.755 bits per heavy atom. The molecule has 2 saturated heterocycles. The van der Waals surface area contributed by atoms with Crippen molar-refractivity contribution in [3.8, 4) is 33.9 Å². The van der Waals surface area contributed by atoms with E-state index in [-0.39, 0.29) is 30.1 Å². The average Bonchev–Trinajstić information content (AvgIpc) is 4.00. The number of hydrogen-bond donors (Lipinski definition) is 2. The molecule has 0 unspecified atom stereocenters. The third kappa shape index (κ3) is 7.73. The summed E-state index contributed by atoms with van der Waals surface area (Å²) in [6.07, 6.45) is 10.4. The Bertz CT molecular complexity index is 2000. The summed E-state index contributed by atoms with van der Waals surface area (Å²) < 4.78 is 5.63. The molecule has 2 aliphatic heterocycles. The topological polar surface area (TPSA) is 136 Å². The molecule has 3 aromatic heterocycles. The first kappa shape index (κ1) is 36.0. The van der Waals surface area contributed by atoms with Gasteiger partial charge < -0.3 is 19.6 Å². The fourth-order valence-corrected chi connectivity index (χ4v) is 7.52. The summed E-state index contributed by atoms with van der Waals surface area (Å²) in [6, 6.07) is 17.6. The van der Waals surface area contributed by atoms with E-state index < -0.39 is 5.60 Å². The lowest BCUT2D eigenvalue weighted by Crippen LogP contribution is -2.43. The Morgan fingerprint density at radius 3 is 1.89 bits per heavy atom. The monoisotopic (exact) mass is 715 g/mol. The Balaban J connectivity index is 1.02. The van der Waals surface area contributed by atoms with Gasteiger partial charge in [-0.05, 0) is 70.7 Å². The van der Waals surface area contributed by atoms with Crippen LogP contribution in [0.4, 0.5) is 4.79 Å². The lowest BCUT2D eigenvalue weighted by Gasteiger charge is -2.34. The zero-order valence-electron chi connectivity index (χ0n) is 31.2. The van der Waals surface area contributed by atoms with Crippen molar-refractivity contribution in [1.82, 2.24) is 44.6 Å². The molecule has 0 spiro atoms. The zero-order valence-corrected chi connectivity index (χ0v) is 31.2. The van der Waals surface area contributed by atoms with Gasteiger partial charge in [-0.2, -0.15) is 0 Å². The first-order chi connectivity index (χ1) is 25.6. The second-order valence-electron chi connectivity index (χ2n) is 14.8. The van der Waals surface area contributed by atoms with Crippen molar-refractivity contribution >= 4 is 12.0 Å². The van der Waals surface area contributed by atoms with Crippen LogP contribution >= 0.6 is 0 Å².